The molecule has 1 N–H and O–H groups in total. The number of amides is 1. The summed E-state index contributed by atoms with van der Waals surface area (Å²) < 4.78 is 14.1. The number of carbonyl (C=O) groups is 1. The Balaban J connectivity index is 1.80. The summed E-state index contributed by atoms with van der Waals surface area (Å²) in [6.45, 7) is 1.36. The fraction of sp³-hybridized carbons (Fsp3) is 0.0556. The van der Waals surface area contributed by atoms with E-state index >= 15 is 0 Å². The minimum atomic E-state index is -0.492. The van der Waals surface area contributed by atoms with Gasteiger partial charge in [-0.1, -0.05) is 35.9 Å². The lowest BCUT2D eigenvalue weighted by molar-refractivity contribution is -0.115. The molecule has 1 aromatic heterocycles. The van der Waals surface area contributed by atoms with Crippen LogP contribution in [0.15, 0.2) is 59.0 Å². The van der Waals surface area contributed by atoms with Crippen molar-refractivity contribution >= 4 is 51.6 Å². The number of anilines is 3. The first-order valence-electron chi connectivity index (χ1n) is 7.60. The Hall–Kier alpha value is -2.77. The smallest absolute Gasteiger partial charge is 0.230 e. The number of nitrogens with zero attached hydrogens (tertiary/aromatic N) is 3. The molecule has 0 fully saturated rings. The highest BCUT2D eigenvalue weighted by atomic mass is 35.5. The molecule has 0 saturated heterocycles. The van der Waals surface area contributed by atoms with E-state index in [4.69, 9.17) is 11.6 Å². The topological polar surface area (TPSA) is 57.6 Å². The van der Waals surface area contributed by atoms with Gasteiger partial charge in [0.15, 0.2) is 5.13 Å². The van der Waals surface area contributed by atoms with Gasteiger partial charge in [-0.2, -0.15) is 5.10 Å². The summed E-state index contributed by atoms with van der Waals surface area (Å²) in [5.74, 6) is -0.823. The van der Waals surface area contributed by atoms with Crippen LogP contribution < -0.4 is 10.3 Å². The largest absolute Gasteiger partial charge is 0.277 e. The second-order valence-corrected chi connectivity index (χ2v) is 6.45. The van der Waals surface area contributed by atoms with E-state index in [2.05, 4.69) is 15.5 Å². The minimum absolute atomic E-state index is 0.159. The zero-order valence-electron chi connectivity index (χ0n) is 13.7. The van der Waals surface area contributed by atoms with E-state index in [1.807, 2.05) is 12.1 Å². The maximum Gasteiger partial charge on any atom is 0.230 e. The zero-order chi connectivity index (χ0) is 18.5. The molecule has 0 unspecified atom stereocenters. The molecule has 3 rings (SSSR count). The van der Waals surface area contributed by atoms with E-state index in [1.54, 1.807) is 29.6 Å². The van der Waals surface area contributed by atoms with Crippen molar-refractivity contribution in [2.24, 2.45) is 5.10 Å². The lowest BCUT2D eigenvalue weighted by Crippen LogP contribution is -2.23. The van der Waals surface area contributed by atoms with Gasteiger partial charge in [0, 0.05) is 12.3 Å². The molecule has 0 saturated carbocycles. The number of para-hydroxylation sites is 2. The summed E-state index contributed by atoms with van der Waals surface area (Å²) >= 11 is 7.26. The third kappa shape index (κ3) is 4.07. The van der Waals surface area contributed by atoms with Gasteiger partial charge in [0.1, 0.15) is 5.82 Å². The van der Waals surface area contributed by atoms with Gasteiger partial charge in [0.05, 0.1) is 28.3 Å². The van der Waals surface area contributed by atoms with Gasteiger partial charge in [0.2, 0.25) is 5.91 Å². The Kier molecular flexibility index (Phi) is 5.60. The molecule has 26 heavy (non-hydrogen) atoms. The highest BCUT2D eigenvalue weighted by molar-refractivity contribution is 7.14. The van der Waals surface area contributed by atoms with Gasteiger partial charge >= 0.3 is 0 Å². The SMILES string of the molecule is CC(=O)N(c1nc(/C=N\Nc2ccccc2Cl)cs1)c1ccccc1F. The molecular formula is C18H14ClFN4OS. The van der Waals surface area contributed by atoms with E-state index in [-0.39, 0.29) is 11.6 Å². The lowest BCUT2D eigenvalue weighted by atomic mass is 10.3. The molecular weight excluding hydrogens is 375 g/mol. The van der Waals surface area contributed by atoms with Crippen molar-refractivity contribution in [1.82, 2.24) is 4.98 Å². The maximum atomic E-state index is 14.1. The van der Waals surface area contributed by atoms with E-state index in [9.17, 15) is 9.18 Å². The predicted molar refractivity (Wildman–Crippen MR) is 104 cm³/mol. The second kappa shape index (κ2) is 8.07. The quantitative estimate of drug-likeness (QED) is 0.490. The minimum Gasteiger partial charge on any atom is -0.277 e. The molecule has 1 heterocycles. The van der Waals surface area contributed by atoms with Crippen LogP contribution in [0.25, 0.3) is 0 Å². The maximum absolute atomic E-state index is 14.1. The summed E-state index contributed by atoms with van der Waals surface area (Å²) in [5.41, 5.74) is 4.18. The van der Waals surface area contributed by atoms with Crippen LogP contribution >= 0.6 is 22.9 Å². The highest BCUT2D eigenvalue weighted by Gasteiger charge is 2.20. The van der Waals surface area contributed by atoms with Crippen molar-refractivity contribution in [2.75, 3.05) is 10.3 Å². The van der Waals surface area contributed by atoms with Crippen LogP contribution in [0, 0.1) is 5.82 Å². The Morgan fingerprint density at radius 2 is 2.00 bits per heavy atom. The number of benzene rings is 2. The van der Waals surface area contributed by atoms with Crippen molar-refractivity contribution in [2.45, 2.75) is 6.92 Å². The van der Waals surface area contributed by atoms with Gasteiger partial charge in [-0.05, 0) is 24.3 Å². The van der Waals surface area contributed by atoms with E-state index < -0.39 is 5.82 Å². The van der Waals surface area contributed by atoms with Gasteiger partial charge in [-0.15, -0.1) is 11.3 Å². The first-order valence-corrected chi connectivity index (χ1v) is 8.86. The number of aromatic nitrogens is 1. The number of hydrogen-bond acceptors (Lipinski definition) is 5. The lowest BCUT2D eigenvalue weighted by Gasteiger charge is -2.18. The van der Waals surface area contributed by atoms with Crippen molar-refractivity contribution in [1.29, 1.82) is 0 Å². The van der Waals surface area contributed by atoms with Crippen LogP contribution in [0.1, 0.15) is 12.6 Å². The van der Waals surface area contributed by atoms with E-state index in [0.717, 1.165) is 0 Å². The Morgan fingerprint density at radius 1 is 1.27 bits per heavy atom. The number of carbonyl (C=O) groups excluding carboxylic acids is 1. The Morgan fingerprint density at radius 3 is 2.73 bits per heavy atom. The summed E-state index contributed by atoms with van der Waals surface area (Å²) in [6.07, 6.45) is 1.50. The van der Waals surface area contributed by atoms with Crippen molar-refractivity contribution in [3.05, 3.63) is 70.4 Å². The zero-order valence-corrected chi connectivity index (χ0v) is 15.3. The third-order valence-corrected chi connectivity index (χ3v) is 4.54. The first kappa shape index (κ1) is 18.0. The number of thiazole rings is 1. The number of halogens is 2. The average Bonchev–Trinajstić information content (AvgIpc) is 3.07. The molecule has 0 radical (unpaired) electrons. The Labute approximate surface area is 158 Å². The van der Waals surface area contributed by atoms with Crippen molar-refractivity contribution in [3.63, 3.8) is 0 Å². The molecule has 0 spiro atoms. The molecule has 8 heteroatoms. The normalized spacial score (nSPS) is 10.9. The van der Waals surface area contributed by atoms with Gasteiger partial charge < -0.3 is 0 Å². The summed E-state index contributed by atoms with van der Waals surface area (Å²) in [4.78, 5) is 17.6. The number of rotatable bonds is 5. The summed E-state index contributed by atoms with van der Waals surface area (Å²) in [5, 5.41) is 6.72. The summed E-state index contributed by atoms with van der Waals surface area (Å²) in [6, 6.07) is 13.3. The molecule has 0 aliphatic rings. The molecule has 2 aromatic carbocycles. The number of hydrazone groups is 1. The number of nitrogens with one attached hydrogen (secondary N) is 1. The number of hydrogen-bond donors (Lipinski definition) is 1. The van der Waals surface area contributed by atoms with Crippen LogP contribution in [0.4, 0.5) is 20.9 Å². The molecule has 0 aliphatic carbocycles. The molecule has 5 nitrogen and oxygen atoms in total. The standard InChI is InChI=1S/C18H14ClFN4OS/c1-12(25)24(17-9-5-3-7-15(17)20)18-22-13(11-26-18)10-21-23-16-8-4-2-6-14(16)19/h2-11,23H,1H3/b21-10-. The van der Waals surface area contributed by atoms with Crippen LogP contribution in [0.5, 0.6) is 0 Å². The molecule has 0 aliphatic heterocycles. The monoisotopic (exact) mass is 388 g/mol. The molecule has 1 amide bonds. The summed E-state index contributed by atoms with van der Waals surface area (Å²) in [7, 11) is 0. The molecule has 0 bridgehead atoms. The van der Waals surface area contributed by atoms with Gasteiger partial charge in [-0.3, -0.25) is 15.1 Å². The van der Waals surface area contributed by atoms with Gasteiger partial charge in [0.25, 0.3) is 0 Å². The predicted octanol–water partition coefficient (Wildman–Crippen LogP) is 5.07. The molecule has 0 atom stereocenters. The van der Waals surface area contributed by atoms with Crippen LogP contribution in [-0.2, 0) is 4.79 Å². The first-order chi connectivity index (χ1) is 12.6. The fourth-order valence-electron chi connectivity index (χ4n) is 2.20. The Bertz CT molecular complexity index is 960. The fourth-order valence-corrected chi connectivity index (χ4v) is 3.21. The van der Waals surface area contributed by atoms with E-state index in [0.29, 0.717) is 21.5 Å². The van der Waals surface area contributed by atoms with Crippen LogP contribution in [0.3, 0.4) is 0 Å². The molecule has 132 valence electrons. The average molecular weight is 389 g/mol. The van der Waals surface area contributed by atoms with Crippen LogP contribution in [-0.4, -0.2) is 17.1 Å². The second-order valence-electron chi connectivity index (χ2n) is 5.21. The highest BCUT2D eigenvalue weighted by Crippen LogP contribution is 2.30. The van der Waals surface area contributed by atoms with Crippen molar-refractivity contribution < 1.29 is 9.18 Å². The van der Waals surface area contributed by atoms with E-state index in [1.165, 1.54) is 41.5 Å². The molecule has 3 aromatic rings. The van der Waals surface area contributed by atoms with Crippen molar-refractivity contribution in [3.8, 4) is 0 Å². The third-order valence-electron chi connectivity index (χ3n) is 3.37. The van der Waals surface area contributed by atoms with Crippen LogP contribution in [0.2, 0.25) is 5.02 Å². The van der Waals surface area contributed by atoms with Gasteiger partial charge in [-0.25, -0.2) is 9.37 Å².